The van der Waals surface area contributed by atoms with Crippen LogP contribution in [-0.2, 0) is 0 Å². The first-order valence-electron chi connectivity index (χ1n) is 31.5. The molecule has 73 heavy (non-hydrogen) atoms. The van der Waals surface area contributed by atoms with Crippen LogP contribution in [0, 0.1) is 6.92 Å². The van der Waals surface area contributed by atoms with Gasteiger partial charge in [0.05, 0.1) is 24.2 Å². The number of nitrogens with zero attached hydrogens (tertiary/aromatic N) is 1. The Kier molecular flexibility index (Phi) is 28.6. The average Bonchev–Trinajstić information content (AvgIpc) is 3.43. The number of benzene rings is 4. The maximum atomic E-state index is 3.27. The normalized spacial score (nSPS) is 14.4. The van der Waals surface area contributed by atoms with Gasteiger partial charge in [-0.05, 0) is 46.5 Å². The van der Waals surface area contributed by atoms with Crippen LogP contribution in [-0.4, -0.2) is 34.7 Å². The quantitative estimate of drug-likeness (QED) is 0.0321. The Morgan fingerprint density at radius 3 is 0.904 bits per heavy atom. The van der Waals surface area contributed by atoms with Crippen molar-refractivity contribution in [2.45, 2.75) is 277 Å². The summed E-state index contributed by atoms with van der Waals surface area (Å²) >= 11 is 0. The highest BCUT2D eigenvalue weighted by atomic mass is 31.2. The SMILES string of the molecule is CCCC[Si](CCCC)(CCCC)c1ccc(P(c2ccc([Si](CCCC)(CCCC)CCCC)cc2)N(C2CCCCC2)P(c2ccc([Si](CCCC)(CCCC)CCCC)cc2)c2ccccc2C)cc1. The van der Waals surface area contributed by atoms with Crippen molar-refractivity contribution in [2.24, 2.45) is 0 Å². The molecule has 0 bridgehead atoms. The van der Waals surface area contributed by atoms with Crippen molar-refractivity contribution in [2.75, 3.05) is 0 Å². The Hall–Kier alpha value is -1.65. The van der Waals surface area contributed by atoms with E-state index in [1.165, 1.54) is 208 Å². The Bertz CT molecular complexity index is 1920. The molecule has 406 valence electrons. The number of hydrogen-bond donors (Lipinski definition) is 0. The molecule has 1 nitrogen and oxygen atoms in total. The molecular formula is C67H111NP2Si3. The molecular weight excluding hydrogens is 965 g/mol. The fourth-order valence-electron chi connectivity index (χ4n) is 13.2. The van der Waals surface area contributed by atoms with Crippen LogP contribution in [0.3, 0.4) is 0 Å². The van der Waals surface area contributed by atoms with Gasteiger partial charge >= 0.3 is 0 Å². The van der Waals surface area contributed by atoms with Crippen molar-refractivity contribution in [3.05, 3.63) is 103 Å². The van der Waals surface area contributed by atoms with Crippen LogP contribution in [0.15, 0.2) is 97.1 Å². The van der Waals surface area contributed by atoms with Crippen LogP contribution < -0.4 is 36.8 Å². The van der Waals surface area contributed by atoms with Gasteiger partial charge in [-0.15, -0.1) is 0 Å². The number of hydrogen-bond acceptors (Lipinski definition) is 1. The van der Waals surface area contributed by atoms with Crippen molar-refractivity contribution in [3.8, 4) is 0 Å². The molecule has 4 aromatic rings. The second kappa shape index (κ2) is 33.6. The molecule has 0 N–H and O–H groups in total. The molecule has 0 aromatic heterocycles. The van der Waals surface area contributed by atoms with Gasteiger partial charge in [0.1, 0.15) is 0 Å². The summed E-state index contributed by atoms with van der Waals surface area (Å²) < 4.78 is 3.27. The zero-order chi connectivity index (χ0) is 52.4. The minimum atomic E-state index is -1.67. The van der Waals surface area contributed by atoms with Gasteiger partial charge in [0.2, 0.25) is 0 Å². The minimum absolute atomic E-state index is 0.552. The summed E-state index contributed by atoms with van der Waals surface area (Å²) in [6, 6.07) is 56.0. The second-order valence-corrected chi connectivity index (χ2v) is 41.8. The van der Waals surface area contributed by atoms with Crippen LogP contribution in [0.25, 0.3) is 0 Å². The first-order valence-corrected chi connectivity index (χ1v) is 41.9. The van der Waals surface area contributed by atoms with E-state index in [0.717, 1.165) is 0 Å². The first kappa shape index (κ1) is 62.2. The van der Waals surface area contributed by atoms with E-state index >= 15 is 0 Å². The van der Waals surface area contributed by atoms with E-state index < -0.39 is 40.4 Å². The first-order chi connectivity index (χ1) is 35.7. The van der Waals surface area contributed by atoms with Crippen molar-refractivity contribution >= 4 is 77.1 Å². The third-order valence-corrected chi connectivity index (χ3v) is 40.2. The van der Waals surface area contributed by atoms with Gasteiger partial charge in [-0.2, -0.15) is 0 Å². The van der Waals surface area contributed by atoms with Gasteiger partial charge < -0.3 is 0 Å². The van der Waals surface area contributed by atoms with Crippen LogP contribution in [0.2, 0.25) is 54.4 Å². The van der Waals surface area contributed by atoms with E-state index in [2.05, 4.69) is 171 Å². The van der Waals surface area contributed by atoms with Crippen LogP contribution in [0.5, 0.6) is 0 Å². The molecule has 1 unspecified atom stereocenters. The van der Waals surface area contributed by atoms with Gasteiger partial charge in [0.15, 0.2) is 0 Å². The van der Waals surface area contributed by atoms with Crippen LogP contribution in [0.4, 0.5) is 0 Å². The van der Waals surface area contributed by atoms with Gasteiger partial charge in [-0.1, -0.05) is 364 Å². The van der Waals surface area contributed by atoms with Gasteiger partial charge in [-0.3, -0.25) is 0 Å². The van der Waals surface area contributed by atoms with Crippen molar-refractivity contribution in [1.82, 2.24) is 4.44 Å². The molecule has 1 saturated carbocycles. The number of aryl methyl sites for hydroxylation is 1. The molecule has 1 fully saturated rings. The molecule has 0 heterocycles. The molecule has 0 spiro atoms. The van der Waals surface area contributed by atoms with E-state index in [1.54, 1.807) is 36.8 Å². The molecule has 0 aliphatic heterocycles. The maximum Gasteiger partial charge on any atom is 0.0867 e. The lowest BCUT2D eigenvalue weighted by atomic mass is 9.96. The smallest absolute Gasteiger partial charge is 0.0867 e. The summed E-state index contributed by atoms with van der Waals surface area (Å²) in [6.07, 6.45) is 30.9. The highest BCUT2D eigenvalue weighted by Gasteiger charge is 2.41. The van der Waals surface area contributed by atoms with Gasteiger partial charge in [0.25, 0.3) is 0 Å². The summed E-state index contributed by atoms with van der Waals surface area (Å²) in [5.74, 6) is 0. The van der Waals surface area contributed by atoms with E-state index in [0.29, 0.717) is 6.04 Å². The molecule has 0 saturated heterocycles. The van der Waals surface area contributed by atoms with Gasteiger partial charge in [-0.25, -0.2) is 4.44 Å². The summed E-state index contributed by atoms with van der Waals surface area (Å²) in [5.41, 5.74) is 1.47. The molecule has 4 aromatic carbocycles. The van der Waals surface area contributed by atoms with E-state index in [1.807, 2.05) is 0 Å². The molecule has 0 radical (unpaired) electrons. The van der Waals surface area contributed by atoms with Crippen molar-refractivity contribution < 1.29 is 0 Å². The second-order valence-electron chi connectivity index (χ2n) is 23.4. The lowest BCUT2D eigenvalue weighted by Gasteiger charge is -2.46. The molecule has 1 atom stereocenters. The highest BCUT2D eigenvalue weighted by Crippen LogP contribution is 2.58. The van der Waals surface area contributed by atoms with Crippen LogP contribution >= 0.6 is 16.1 Å². The fourth-order valence-corrected chi connectivity index (χ4v) is 36.4. The molecule has 0 amide bonds. The van der Waals surface area contributed by atoms with Crippen molar-refractivity contribution in [3.63, 3.8) is 0 Å². The predicted octanol–water partition coefficient (Wildman–Crippen LogP) is 19.2. The highest BCUT2D eigenvalue weighted by molar-refractivity contribution is 7.84. The fraction of sp³-hybridized carbons (Fsp3) is 0.642. The zero-order valence-electron chi connectivity index (χ0n) is 49.3. The summed E-state index contributed by atoms with van der Waals surface area (Å²) in [5, 5.41) is 11.6. The topological polar surface area (TPSA) is 3.24 Å². The molecule has 1 aliphatic rings. The van der Waals surface area contributed by atoms with E-state index in [9.17, 15) is 0 Å². The zero-order valence-corrected chi connectivity index (χ0v) is 54.1. The van der Waals surface area contributed by atoms with Crippen LogP contribution in [0.1, 0.15) is 216 Å². The minimum Gasteiger partial charge on any atom is -0.242 e. The standard InChI is InChI=1S/C67H111NP2Si3/c1-11-20-50-71(51-21-12-2,52-22-13-3)64-44-38-61(39-45-64)69(62-40-46-65(47-41-62)72(53-23-14-4,54-24-15-5)55-25-16-6)68(60-35-30-29-31-36-60)70(67-37-33-32-34-59(67)10)63-42-48-66(49-43-63)73(56-26-17-7,57-27-18-8)58-28-19-9/h32-34,37-49,60H,11-31,35-36,50-58H2,1-10H3. The summed E-state index contributed by atoms with van der Waals surface area (Å²) in [6.45, 7) is 24.2. The maximum absolute atomic E-state index is 3.27. The summed E-state index contributed by atoms with van der Waals surface area (Å²) in [7, 11) is -6.69. The lowest BCUT2D eigenvalue weighted by molar-refractivity contribution is 0.355. The van der Waals surface area contributed by atoms with Crippen molar-refractivity contribution in [1.29, 1.82) is 0 Å². The van der Waals surface area contributed by atoms with Gasteiger partial charge in [0, 0.05) is 22.2 Å². The molecule has 6 heteroatoms. The Morgan fingerprint density at radius 2 is 0.630 bits per heavy atom. The Morgan fingerprint density at radius 1 is 0.356 bits per heavy atom. The number of rotatable bonds is 37. The largest absolute Gasteiger partial charge is 0.242 e. The monoisotopic (exact) mass is 1080 g/mol. The molecule has 1 aliphatic carbocycles. The van der Waals surface area contributed by atoms with E-state index in [-0.39, 0.29) is 0 Å². The third-order valence-electron chi connectivity index (χ3n) is 17.9. The Labute approximate surface area is 458 Å². The summed E-state index contributed by atoms with van der Waals surface area (Å²) in [4.78, 5) is 0. The average molecular weight is 1080 g/mol. The molecule has 5 rings (SSSR count). The number of unbranched alkanes of at least 4 members (excludes halogenated alkanes) is 9. The Balaban J connectivity index is 1.82. The van der Waals surface area contributed by atoms with E-state index in [4.69, 9.17) is 0 Å². The third kappa shape index (κ3) is 17.2. The predicted molar refractivity (Wildman–Crippen MR) is 345 cm³/mol. The lowest BCUT2D eigenvalue weighted by Crippen LogP contribution is -2.48.